The van der Waals surface area contributed by atoms with Gasteiger partial charge in [-0.05, 0) is 62.4 Å². The molecule has 0 saturated carbocycles. The summed E-state index contributed by atoms with van der Waals surface area (Å²) < 4.78 is 17.9. The topological polar surface area (TPSA) is 171 Å². The first-order valence-corrected chi connectivity index (χ1v) is 14.1. The van der Waals surface area contributed by atoms with E-state index in [1.165, 1.54) is 13.2 Å². The van der Waals surface area contributed by atoms with Gasteiger partial charge in [-0.15, -0.1) is 5.17 Å². The van der Waals surface area contributed by atoms with E-state index in [2.05, 4.69) is 9.72 Å². The number of nitrogens with two attached hydrogens (primary N) is 2. The Labute approximate surface area is 248 Å². The maximum absolute atomic E-state index is 11.5. The van der Waals surface area contributed by atoms with Crippen molar-refractivity contribution < 1.29 is 28.5 Å². The van der Waals surface area contributed by atoms with E-state index in [-0.39, 0.29) is 28.0 Å². The monoisotopic (exact) mass is 595 g/mol. The summed E-state index contributed by atoms with van der Waals surface area (Å²) in [5.41, 5.74) is 8.75. The van der Waals surface area contributed by atoms with Gasteiger partial charge in [0, 0.05) is 34.2 Å². The number of carbonyl (C=O) groups is 3. The van der Waals surface area contributed by atoms with Crippen LogP contribution >= 0.6 is 0 Å². The van der Waals surface area contributed by atoms with E-state index in [9.17, 15) is 18.6 Å². The van der Waals surface area contributed by atoms with Crippen molar-refractivity contribution in [1.82, 2.24) is 14.7 Å². The van der Waals surface area contributed by atoms with Crippen molar-refractivity contribution >= 4 is 34.1 Å². The Kier molecular flexibility index (Phi) is 15.7. The zero-order valence-electron chi connectivity index (χ0n) is 24.3. The molecule has 0 radical (unpaired) electrons. The minimum absolute atomic E-state index is 0.00565. The van der Waals surface area contributed by atoms with E-state index < -0.39 is 22.7 Å². The second-order valence-corrected chi connectivity index (χ2v) is 9.64. The quantitative estimate of drug-likeness (QED) is 0.0557. The third kappa shape index (κ3) is 11.8. The number of hydrazine groups is 1. The number of anilines is 1. The molecule has 42 heavy (non-hydrogen) atoms. The first-order valence-electron chi connectivity index (χ1n) is 12.8. The molecule has 0 aliphatic heterocycles. The molecular weight excluding hydrogens is 558 g/mol. The van der Waals surface area contributed by atoms with E-state index in [1.54, 1.807) is 49.8 Å². The van der Waals surface area contributed by atoms with Crippen LogP contribution in [0.1, 0.15) is 47.1 Å². The van der Waals surface area contributed by atoms with Gasteiger partial charge in [-0.2, -0.15) is 0 Å². The number of hydroxylamine groups is 1. The largest absolute Gasteiger partial charge is 0.468 e. The number of ketones is 1. The van der Waals surface area contributed by atoms with E-state index >= 15 is 0 Å². The normalized spacial score (nSPS) is 10.3. The number of ether oxygens (including phenoxy) is 1. The molecule has 1 unspecified atom stereocenters. The van der Waals surface area contributed by atoms with Crippen LogP contribution in [0.2, 0.25) is 0 Å². The number of benzene rings is 3. The van der Waals surface area contributed by atoms with Crippen molar-refractivity contribution in [3.8, 4) is 5.69 Å². The van der Waals surface area contributed by atoms with Crippen molar-refractivity contribution in [2.75, 3.05) is 18.6 Å². The first-order chi connectivity index (χ1) is 20.0. The van der Waals surface area contributed by atoms with Gasteiger partial charge in [0.15, 0.2) is 5.78 Å². The summed E-state index contributed by atoms with van der Waals surface area (Å²) in [5.74, 6) is 3.64. The minimum Gasteiger partial charge on any atom is -0.468 e. The van der Waals surface area contributed by atoms with Crippen LogP contribution in [0.3, 0.4) is 0 Å². The lowest BCUT2D eigenvalue weighted by Crippen LogP contribution is -2.34. The van der Waals surface area contributed by atoms with Crippen molar-refractivity contribution in [2.24, 2.45) is 5.84 Å². The average Bonchev–Trinajstić information content (AvgIpc) is 3.54. The lowest BCUT2D eigenvalue weighted by molar-refractivity contribution is -0.137. The molecule has 1 heterocycles. The zero-order chi connectivity index (χ0) is 31.7. The highest BCUT2D eigenvalue weighted by Gasteiger charge is 2.12. The van der Waals surface area contributed by atoms with Gasteiger partial charge in [0.2, 0.25) is 0 Å². The number of imidazole rings is 1. The van der Waals surface area contributed by atoms with Crippen molar-refractivity contribution in [1.29, 1.82) is 0 Å². The molecule has 0 bridgehead atoms. The van der Waals surface area contributed by atoms with E-state index in [0.717, 1.165) is 16.8 Å². The number of amides is 1. The highest BCUT2D eigenvalue weighted by Crippen LogP contribution is 2.11. The minimum atomic E-state index is -1.30. The third-order valence-corrected chi connectivity index (χ3v) is 6.53. The molecule has 11 nitrogen and oxygen atoms in total. The number of esters is 1. The molecule has 1 amide bonds. The van der Waals surface area contributed by atoms with Gasteiger partial charge in [0.1, 0.15) is 5.75 Å². The van der Waals surface area contributed by atoms with Crippen LogP contribution in [0.25, 0.3) is 5.69 Å². The molecule has 1 atom stereocenters. The smallest absolute Gasteiger partial charge is 0.318 e. The van der Waals surface area contributed by atoms with Crippen LogP contribution < -0.4 is 11.6 Å². The van der Waals surface area contributed by atoms with Gasteiger partial charge in [-0.25, -0.2) is 10.8 Å². The molecule has 12 heteroatoms. The van der Waals surface area contributed by atoms with Crippen LogP contribution in [-0.4, -0.2) is 54.7 Å². The van der Waals surface area contributed by atoms with Crippen molar-refractivity contribution in [3.63, 3.8) is 0 Å². The molecule has 0 aliphatic carbocycles. The van der Waals surface area contributed by atoms with Crippen LogP contribution in [0.4, 0.5) is 5.69 Å². The molecule has 3 aromatic carbocycles. The van der Waals surface area contributed by atoms with E-state index in [4.69, 9.17) is 16.8 Å². The lowest BCUT2D eigenvalue weighted by Gasteiger charge is -2.08. The molecule has 4 rings (SSSR count). The maximum Gasteiger partial charge on any atom is 0.318 e. The molecule has 0 saturated heterocycles. The molecule has 5 N–H and O–H groups in total. The Morgan fingerprint density at radius 3 is 2.07 bits per heavy atom. The summed E-state index contributed by atoms with van der Waals surface area (Å²) >= 11 is 0. The summed E-state index contributed by atoms with van der Waals surface area (Å²) in [4.78, 5) is 37.5. The molecule has 0 spiro atoms. The molecule has 224 valence electrons. The number of para-hydroxylation sites is 1. The second kappa shape index (κ2) is 18.7. The Bertz CT molecular complexity index is 1420. The van der Waals surface area contributed by atoms with E-state index in [0.29, 0.717) is 4.90 Å². The lowest BCUT2D eigenvalue weighted by atomic mass is 10.1. The molecule has 0 fully saturated rings. The van der Waals surface area contributed by atoms with Crippen LogP contribution in [0, 0.1) is 6.92 Å². The summed E-state index contributed by atoms with van der Waals surface area (Å²) in [6.45, 7) is 7.51. The van der Waals surface area contributed by atoms with Gasteiger partial charge in [0.05, 0.1) is 29.8 Å². The van der Waals surface area contributed by atoms with Crippen molar-refractivity contribution in [3.05, 3.63) is 108 Å². The fraction of sp³-hybridized carbons (Fsp3) is 0.200. The molecule has 1 aromatic heterocycles. The number of Topliss-reactive ketones (excluding diaryl/α,β-unsaturated/α-hetero) is 1. The van der Waals surface area contributed by atoms with Gasteiger partial charge in [-0.1, -0.05) is 43.7 Å². The predicted molar refractivity (Wildman–Crippen MR) is 162 cm³/mol. The highest BCUT2D eigenvalue weighted by atomic mass is 32.2. The van der Waals surface area contributed by atoms with Gasteiger partial charge in [0.25, 0.3) is 5.91 Å². The van der Waals surface area contributed by atoms with Crippen molar-refractivity contribution in [2.45, 2.75) is 32.6 Å². The number of hydrogen-bond acceptors (Lipinski definition) is 9. The highest BCUT2D eigenvalue weighted by molar-refractivity contribution is 7.85. The fourth-order valence-corrected chi connectivity index (χ4v) is 3.97. The molecule has 0 aliphatic rings. The standard InChI is InChI=1S/C11H10N2O.C10H12O3S.C7H9N3O2.C2H6/c1-9(14)10-2-4-11(5-3-10)13-7-6-12-8-13;1-8-3-5-9(6-4-8)14(12)7-10(11)13-2;8-6-4-2-1-3-5(6)7(11)10(9)12;1-2/h2-8H,1H3;3-6H,7H2,1-2H3;1-4,12H,8-9H2;1-2H3. The van der Waals surface area contributed by atoms with Gasteiger partial charge >= 0.3 is 5.97 Å². The number of rotatable bonds is 6. The number of hydrogen-bond donors (Lipinski definition) is 3. The number of carbonyl (C=O) groups excluding carboxylic acids is 3. The Morgan fingerprint density at radius 1 is 1.00 bits per heavy atom. The Balaban J connectivity index is 0.000000307. The molecular formula is C30H37N5O6S. The summed E-state index contributed by atoms with van der Waals surface area (Å²) in [6.07, 6.45) is 5.31. The second-order valence-electron chi connectivity index (χ2n) is 8.19. The van der Waals surface area contributed by atoms with Crippen LogP contribution in [0.15, 0.2) is 96.4 Å². The number of aromatic nitrogens is 2. The number of methoxy groups -OCH3 is 1. The number of nitrogen functional groups attached to an aromatic ring is 1. The zero-order valence-corrected chi connectivity index (χ0v) is 25.1. The Morgan fingerprint density at radius 2 is 1.60 bits per heavy atom. The SMILES string of the molecule is CC.CC(=O)c1ccc(-n2ccnc2)cc1.COC(=O)CS(=O)c1ccc(C)cc1.Nc1ccccc1C(=O)N(N)O. The van der Waals surface area contributed by atoms with E-state index in [1.807, 2.05) is 67.9 Å². The first kappa shape index (κ1) is 35.4. The Hall–Kier alpha value is -4.65. The summed E-state index contributed by atoms with van der Waals surface area (Å²) in [6, 6.07) is 21.0. The van der Waals surface area contributed by atoms with Gasteiger partial charge < -0.3 is 15.0 Å². The molecule has 4 aromatic rings. The fourth-order valence-electron chi connectivity index (χ4n) is 3.03. The van der Waals surface area contributed by atoms with Crippen LogP contribution in [0.5, 0.6) is 0 Å². The maximum atomic E-state index is 11.5. The average molecular weight is 596 g/mol. The summed E-state index contributed by atoms with van der Waals surface area (Å²) in [7, 11) is -0.00980. The van der Waals surface area contributed by atoms with Gasteiger partial charge in [-0.3, -0.25) is 23.8 Å². The third-order valence-electron chi connectivity index (χ3n) is 5.24. The predicted octanol–water partition coefficient (Wildman–Crippen LogP) is 4.35. The number of aryl methyl sites for hydroxylation is 1. The number of nitrogens with zero attached hydrogens (tertiary/aromatic N) is 3. The van der Waals surface area contributed by atoms with Crippen LogP contribution in [-0.2, 0) is 20.3 Å². The summed E-state index contributed by atoms with van der Waals surface area (Å²) in [5, 5.41) is 8.61.